The number of rotatable bonds is 1. The molecular formula is C12H16N2OS. The highest BCUT2D eigenvalue weighted by molar-refractivity contribution is 7.80. The van der Waals surface area contributed by atoms with Crippen LogP contribution in [0.4, 0.5) is 0 Å². The fourth-order valence-corrected chi connectivity index (χ4v) is 2.03. The van der Waals surface area contributed by atoms with Crippen LogP contribution in [-0.2, 0) is 4.74 Å². The monoisotopic (exact) mass is 236 g/mol. The minimum absolute atomic E-state index is 0.126. The molecule has 1 atom stereocenters. The lowest BCUT2D eigenvalue weighted by atomic mass is 10.1. The molecule has 1 heterocycles. The molecule has 0 bridgehead atoms. The minimum Gasteiger partial charge on any atom is -0.370 e. The maximum Gasteiger partial charge on any atom is 0.168 e. The number of nitrogens with one attached hydrogen (secondary N) is 1. The molecule has 0 aromatic heterocycles. The van der Waals surface area contributed by atoms with Gasteiger partial charge in [0.2, 0.25) is 0 Å². The van der Waals surface area contributed by atoms with Gasteiger partial charge in [-0.3, -0.25) is 0 Å². The van der Waals surface area contributed by atoms with E-state index in [4.69, 9.17) is 17.0 Å². The quantitative estimate of drug-likeness (QED) is 0.748. The average molecular weight is 236 g/mol. The number of hydrogen-bond donors (Lipinski definition) is 1. The van der Waals surface area contributed by atoms with Crippen molar-refractivity contribution in [2.45, 2.75) is 6.10 Å². The lowest BCUT2D eigenvalue weighted by molar-refractivity contribution is -0.00697. The molecule has 1 aliphatic heterocycles. The number of benzene rings is 1. The molecule has 0 unspecified atom stereocenters. The smallest absolute Gasteiger partial charge is 0.168 e. The summed E-state index contributed by atoms with van der Waals surface area (Å²) in [6.45, 7) is 2.41. The largest absolute Gasteiger partial charge is 0.370 e. The number of nitrogens with zero attached hydrogens (tertiary/aromatic N) is 1. The van der Waals surface area contributed by atoms with Crippen LogP contribution in [0, 0.1) is 0 Å². The van der Waals surface area contributed by atoms with Gasteiger partial charge in [0.05, 0.1) is 13.2 Å². The summed E-state index contributed by atoms with van der Waals surface area (Å²) < 4.78 is 5.76. The maximum absolute atomic E-state index is 5.76. The molecule has 1 aliphatic rings. The van der Waals surface area contributed by atoms with Crippen LogP contribution in [0.3, 0.4) is 0 Å². The second kappa shape index (κ2) is 5.27. The fraction of sp³-hybridized carbons (Fsp3) is 0.417. The van der Waals surface area contributed by atoms with Crippen LogP contribution < -0.4 is 5.32 Å². The Kier molecular flexibility index (Phi) is 3.74. The van der Waals surface area contributed by atoms with E-state index < -0.39 is 0 Å². The zero-order valence-corrected chi connectivity index (χ0v) is 10.2. The average Bonchev–Trinajstić information content (AvgIpc) is 2.39. The van der Waals surface area contributed by atoms with E-state index >= 15 is 0 Å². The van der Waals surface area contributed by atoms with Crippen molar-refractivity contribution in [3.63, 3.8) is 0 Å². The summed E-state index contributed by atoms with van der Waals surface area (Å²) in [7, 11) is 1.86. The first kappa shape index (κ1) is 11.4. The zero-order valence-electron chi connectivity index (χ0n) is 9.35. The Morgan fingerprint density at radius 2 is 2.19 bits per heavy atom. The molecule has 0 amide bonds. The van der Waals surface area contributed by atoms with E-state index in [0.29, 0.717) is 0 Å². The number of ether oxygens (including phenoxy) is 1. The maximum atomic E-state index is 5.76. The van der Waals surface area contributed by atoms with Crippen LogP contribution in [0.15, 0.2) is 30.3 Å². The van der Waals surface area contributed by atoms with Crippen molar-refractivity contribution in [2.75, 3.05) is 26.7 Å². The van der Waals surface area contributed by atoms with Gasteiger partial charge in [0, 0.05) is 13.6 Å². The van der Waals surface area contributed by atoms with Gasteiger partial charge in [-0.1, -0.05) is 30.3 Å². The summed E-state index contributed by atoms with van der Waals surface area (Å²) in [4.78, 5) is 2.15. The Hall–Kier alpha value is -1.13. The summed E-state index contributed by atoms with van der Waals surface area (Å²) in [5.41, 5.74) is 1.21. The van der Waals surface area contributed by atoms with E-state index in [0.717, 1.165) is 24.8 Å². The van der Waals surface area contributed by atoms with Gasteiger partial charge in [-0.25, -0.2) is 0 Å². The van der Waals surface area contributed by atoms with E-state index in [1.807, 2.05) is 25.2 Å². The third-order valence-electron chi connectivity index (χ3n) is 2.74. The van der Waals surface area contributed by atoms with E-state index in [2.05, 4.69) is 22.3 Å². The predicted molar refractivity (Wildman–Crippen MR) is 68.4 cm³/mol. The Morgan fingerprint density at radius 3 is 2.88 bits per heavy atom. The number of morpholine rings is 1. The molecule has 3 nitrogen and oxygen atoms in total. The van der Waals surface area contributed by atoms with Gasteiger partial charge in [-0.2, -0.15) is 0 Å². The summed E-state index contributed by atoms with van der Waals surface area (Å²) in [5.74, 6) is 0. The van der Waals surface area contributed by atoms with Crippen LogP contribution in [-0.4, -0.2) is 36.8 Å². The molecule has 1 aromatic carbocycles. The molecule has 1 fully saturated rings. The summed E-state index contributed by atoms with van der Waals surface area (Å²) in [5, 5.41) is 3.80. The Morgan fingerprint density at radius 1 is 1.44 bits per heavy atom. The van der Waals surface area contributed by atoms with Crippen molar-refractivity contribution < 1.29 is 4.74 Å². The Bertz CT molecular complexity index is 355. The summed E-state index contributed by atoms with van der Waals surface area (Å²) >= 11 is 5.24. The molecule has 4 heteroatoms. The van der Waals surface area contributed by atoms with Crippen molar-refractivity contribution in [3.8, 4) is 0 Å². The van der Waals surface area contributed by atoms with Crippen LogP contribution >= 0.6 is 12.2 Å². The number of hydrogen-bond acceptors (Lipinski definition) is 2. The minimum atomic E-state index is 0.126. The second-order valence-corrected chi connectivity index (χ2v) is 4.16. The fourth-order valence-electron chi connectivity index (χ4n) is 1.86. The summed E-state index contributed by atoms with van der Waals surface area (Å²) in [6.07, 6.45) is 0.126. The third kappa shape index (κ3) is 2.51. The van der Waals surface area contributed by atoms with Crippen molar-refractivity contribution in [2.24, 2.45) is 0 Å². The SMILES string of the molecule is CNC(=S)N1CCO[C@@H](c2ccccc2)C1. The molecule has 1 saturated heterocycles. The van der Waals surface area contributed by atoms with Gasteiger partial charge in [0.1, 0.15) is 6.10 Å². The second-order valence-electron chi connectivity index (χ2n) is 3.77. The highest BCUT2D eigenvalue weighted by Crippen LogP contribution is 2.21. The van der Waals surface area contributed by atoms with Crippen molar-refractivity contribution >= 4 is 17.3 Å². The molecule has 16 heavy (non-hydrogen) atoms. The lowest BCUT2D eigenvalue weighted by Gasteiger charge is -2.34. The van der Waals surface area contributed by atoms with E-state index in [1.165, 1.54) is 5.56 Å². The van der Waals surface area contributed by atoms with Gasteiger partial charge in [-0.15, -0.1) is 0 Å². The van der Waals surface area contributed by atoms with Crippen LogP contribution in [0.2, 0.25) is 0 Å². The highest BCUT2D eigenvalue weighted by atomic mass is 32.1. The Labute approximate surface area is 101 Å². The topological polar surface area (TPSA) is 24.5 Å². The first-order chi connectivity index (χ1) is 7.81. The first-order valence-corrected chi connectivity index (χ1v) is 5.85. The van der Waals surface area contributed by atoms with Crippen LogP contribution in [0.1, 0.15) is 11.7 Å². The van der Waals surface area contributed by atoms with Crippen molar-refractivity contribution in [1.82, 2.24) is 10.2 Å². The van der Waals surface area contributed by atoms with E-state index in [1.54, 1.807) is 0 Å². The van der Waals surface area contributed by atoms with Crippen molar-refractivity contribution in [1.29, 1.82) is 0 Å². The summed E-state index contributed by atoms with van der Waals surface area (Å²) in [6, 6.07) is 10.3. The van der Waals surface area contributed by atoms with Gasteiger partial charge in [0.25, 0.3) is 0 Å². The standard InChI is InChI=1S/C12H16N2OS/c1-13-12(16)14-7-8-15-11(9-14)10-5-3-2-4-6-10/h2-6,11H,7-9H2,1H3,(H,13,16)/t11-/m1/s1. The molecule has 0 spiro atoms. The zero-order chi connectivity index (χ0) is 11.4. The van der Waals surface area contributed by atoms with E-state index in [-0.39, 0.29) is 6.10 Å². The molecule has 0 saturated carbocycles. The van der Waals surface area contributed by atoms with Gasteiger partial charge >= 0.3 is 0 Å². The predicted octanol–water partition coefficient (Wildman–Crippen LogP) is 1.56. The number of thiocarbonyl (C=S) groups is 1. The third-order valence-corrected chi connectivity index (χ3v) is 3.20. The van der Waals surface area contributed by atoms with Gasteiger partial charge < -0.3 is 15.0 Å². The van der Waals surface area contributed by atoms with Gasteiger partial charge in [0.15, 0.2) is 5.11 Å². The lowest BCUT2D eigenvalue weighted by Crippen LogP contribution is -2.45. The molecule has 1 aromatic rings. The molecule has 0 aliphatic carbocycles. The molecule has 86 valence electrons. The first-order valence-electron chi connectivity index (χ1n) is 5.44. The molecule has 0 radical (unpaired) electrons. The molecule has 1 N–H and O–H groups in total. The van der Waals surface area contributed by atoms with Crippen LogP contribution in [0.5, 0.6) is 0 Å². The Balaban J connectivity index is 2.05. The molecular weight excluding hydrogens is 220 g/mol. The van der Waals surface area contributed by atoms with Gasteiger partial charge in [-0.05, 0) is 17.8 Å². The molecule has 2 rings (SSSR count). The van der Waals surface area contributed by atoms with Crippen molar-refractivity contribution in [3.05, 3.63) is 35.9 Å². The van der Waals surface area contributed by atoms with E-state index in [9.17, 15) is 0 Å². The van der Waals surface area contributed by atoms with Crippen LogP contribution in [0.25, 0.3) is 0 Å². The highest BCUT2D eigenvalue weighted by Gasteiger charge is 2.22. The normalized spacial score (nSPS) is 20.6.